The van der Waals surface area contributed by atoms with E-state index in [0.29, 0.717) is 0 Å². The molecule has 0 bridgehead atoms. The molecule has 0 saturated carbocycles. The molecule has 1 N–H and O–H groups in total. The number of unbranched alkanes of at least 4 members (excludes halogenated alkanes) is 4. The third-order valence-electron chi connectivity index (χ3n) is 2.81. The summed E-state index contributed by atoms with van der Waals surface area (Å²) in [6, 6.07) is 0. The number of halogens is 1. The van der Waals surface area contributed by atoms with Gasteiger partial charge in [0.1, 0.15) is 4.90 Å². The Hall–Kier alpha value is -1.08. The Bertz CT molecular complexity index is 554. The zero-order chi connectivity index (χ0) is 15.2. The highest BCUT2D eigenvalue weighted by molar-refractivity contribution is 8.13. The standard InChI is InChI=1S/C12H19ClN2O4S/c1-3-4-5-6-7-8-19-12(16)10-11(20(13,17)18)9(2)14-15-10/h3-8H2,1-2H3,(H,14,15). The van der Waals surface area contributed by atoms with Crippen molar-refractivity contribution in [3.63, 3.8) is 0 Å². The number of aryl methyl sites for hydroxylation is 1. The van der Waals surface area contributed by atoms with E-state index in [-0.39, 0.29) is 22.9 Å². The fourth-order valence-electron chi connectivity index (χ4n) is 1.79. The van der Waals surface area contributed by atoms with E-state index in [0.717, 1.165) is 32.1 Å². The van der Waals surface area contributed by atoms with E-state index in [1.165, 1.54) is 6.92 Å². The third-order valence-corrected chi connectivity index (χ3v) is 4.26. The molecule has 1 aromatic heterocycles. The number of nitrogens with one attached hydrogen (secondary N) is 1. The first kappa shape index (κ1) is 17.0. The highest BCUT2D eigenvalue weighted by Gasteiger charge is 2.27. The molecule has 6 nitrogen and oxygen atoms in total. The number of H-pyrrole nitrogens is 1. The third kappa shape index (κ3) is 4.79. The zero-order valence-corrected chi connectivity index (χ0v) is 13.2. The molecule has 0 aliphatic rings. The predicted octanol–water partition coefficient (Wildman–Crippen LogP) is 2.77. The second-order valence-electron chi connectivity index (χ2n) is 4.51. The average Bonchev–Trinajstić information content (AvgIpc) is 2.75. The summed E-state index contributed by atoms with van der Waals surface area (Å²) in [4.78, 5) is 11.5. The summed E-state index contributed by atoms with van der Waals surface area (Å²) in [6.07, 6.45) is 5.11. The molecule has 8 heteroatoms. The zero-order valence-electron chi connectivity index (χ0n) is 11.6. The molecule has 0 radical (unpaired) electrons. The van der Waals surface area contributed by atoms with Crippen molar-refractivity contribution < 1.29 is 17.9 Å². The number of esters is 1. The number of carbonyl (C=O) groups excluding carboxylic acids is 1. The van der Waals surface area contributed by atoms with Crippen LogP contribution in [0.25, 0.3) is 0 Å². The summed E-state index contributed by atoms with van der Waals surface area (Å²) in [5.41, 5.74) is -0.0686. The van der Waals surface area contributed by atoms with E-state index in [1.807, 2.05) is 0 Å². The van der Waals surface area contributed by atoms with Gasteiger partial charge in [-0.25, -0.2) is 13.2 Å². The molecule has 0 aromatic carbocycles. The second kappa shape index (κ2) is 7.64. The molecular formula is C12H19ClN2O4S. The molecule has 0 fully saturated rings. The molecule has 20 heavy (non-hydrogen) atoms. The summed E-state index contributed by atoms with van der Waals surface area (Å²) in [7, 11) is 1.25. The lowest BCUT2D eigenvalue weighted by Crippen LogP contribution is -2.10. The maximum absolute atomic E-state index is 11.8. The monoisotopic (exact) mass is 322 g/mol. The van der Waals surface area contributed by atoms with Crippen molar-refractivity contribution >= 4 is 25.7 Å². The van der Waals surface area contributed by atoms with Gasteiger partial charge in [-0.15, -0.1) is 0 Å². The molecule has 1 aromatic rings. The van der Waals surface area contributed by atoms with E-state index in [4.69, 9.17) is 15.4 Å². The van der Waals surface area contributed by atoms with Crippen molar-refractivity contribution in [3.05, 3.63) is 11.4 Å². The van der Waals surface area contributed by atoms with Crippen LogP contribution in [0.3, 0.4) is 0 Å². The van der Waals surface area contributed by atoms with Crippen molar-refractivity contribution in [2.24, 2.45) is 0 Å². The number of hydrogen-bond donors (Lipinski definition) is 1. The Morgan fingerprint density at radius 3 is 2.55 bits per heavy atom. The smallest absolute Gasteiger partial charge is 0.360 e. The van der Waals surface area contributed by atoms with Crippen molar-refractivity contribution in [2.75, 3.05) is 6.61 Å². The molecule has 0 saturated heterocycles. The van der Waals surface area contributed by atoms with Crippen LogP contribution < -0.4 is 0 Å². The maximum Gasteiger partial charge on any atom is 0.360 e. The first-order valence-electron chi connectivity index (χ1n) is 6.54. The van der Waals surface area contributed by atoms with E-state index < -0.39 is 15.0 Å². The topological polar surface area (TPSA) is 89.1 Å². The van der Waals surface area contributed by atoms with Gasteiger partial charge >= 0.3 is 5.97 Å². The van der Waals surface area contributed by atoms with E-state index in [9.17, 15) is 13.2 Å². The Kier molecular flexibility index (Phi) is 6.48. The fourth-order valence-corrected chi connectivity index (χ4v) is 3.13. The van der Waals surface area contributed by atoms with Gasteiger partial charge in [-0.2, -0.15) is 5.10 Å². The van der Waals surface area contributed by atoms with Crippen LogP contribution in [0.2, 0.25) is 0 Å². The summed E-state index contributed by atoms with van der Waals surface area (Å²) in [6.45, 7) is 3.84. The van der Waals surface area contributed by atoms with Crippen LogP contribution in [0.1, 0.15) is 55.2 Å². The van der Waals surface area contributed by atoms with Crippen LogP contribution >= 0.6 is 10.7 Å². The average molecular weight is 323 g/mol. The molecule has 114 valence electrons. The van der Waals surface area contributed by atoms with Gasteiger partial charge in [0.05, 0.1) is 12.3 Å². The Balaban J connectivity index is 2.57. The molecule has 1 rings (SSSR count). The second-order valence-corrected chi connectivity index (χ2v) is 7.02. The van der Waals surface area contributed by atoms with Crippen LogP contribution in [0.15, 0.2) is 4.90 Å². The first-order chi connectivity index (χ1) is 9.38. The summed E-state index contributed by atoms with van der Waals surface area (Å²) >= 11 is 0. The first-order valence-corrected chi connectivity index (χ1v) is 8.85. The fraction of sp³-hybridized carbons (Fsp3) is 0.667. The van der Waals surface area contributed by atoms with E-state index in [2.05, 4.69) is 17.1 Å². The molecule has 0 aliphatic carbocycles. The minimum Gasteiger partial charge on any atom is -0.461 e. The quantitative estimate of drug-likeness (QED) is 0.451. The maximum atomic E-state index is 11.8. The summed E-state index contributed by atoms with van der Waals surface area (Å²) in [5.74, 6) is -0.774. The van der Waals surface area contributed by atoms with Crippen LogP contribution in [0.4, 0.5) is 0 Å². The minimum atomic E-state index is -4.03. The van der Waals surface area contributed by atoms with Gasteiger partial charge in [-0.1, -0.05) is 32.6 Å². The molecule has 0 amide bonds. The molecule has 0 atom stereocenters. The number of carbonyl (C=O) groups is 1. The highest BCUT2D eigenvalue weighted by atomic mass is 35.7. The Morgan fingerprint density at radius 2 is 1.95 bits per heavy atom. The lowest BCUT2D eigenvalue weighted by Gasteiger charge is -2.04. The van der Waals surface area contributed by atoms with Gasteiger partial charge in [0, 0.05) is 10.7 Å². The SMILES string of the molecule is CCCCCCCOC(=O)c1n[nH]c(C)c1S(=O)(=O)Cl. The van der Waals surface area contributed by atoms with Crippen molar-refractivity contribution in [3.8, 4) is 0 Å². The van der Waals surface area contributed by atoms with Gasteiger partial charge in [0.2, 0.25) is 0 Å². The van der Waals surface area contributed by atoms with Crippen LogP contribution in [0.5, 0.6) is 0 Å². The van der Waals surface area contributed by atoms with Crippen molar-refractivity contribution in [1.82, 2.24) is 10.2 Å². The van der Waals surface area contributed by atoms with Crippen molar-refractivity contribution in [1.29, 1.82) is 0 Å². The molecule has 0 spiro atoms. The lowest BCUT2D eigenvalue weighted by molar-refractivity contribution is 0.0486. The van der Waals surface area contributed by atoms with Gasteiger partial charge in [-0.05, 0) is 13.3 Å². The number of aromatic amines is 1. The van der Waals surface area contributed by atoms with Gasteiger partial charge < -0.3 is 4.74 Å². The number of rotatable bonds is 8. The Labute approximate surface area is 123 Å². The van der Waals surface area contributed by atoms with Crippen LogP contribution in [0, 0.1) is 6.92 Å². The van der Waals surface area contributed by atoms with E-state index in [1.54, 1.807) is 0 Å². The van der Waals surface area contributed by atoms with Gasteiger partial charge in [0.25, 0.3) is 9.05 Å². The summed E-state index contributed by atoms with van der Waals surface area (Å²) in [5, 5.41) is 6.08. The molecule has 0 aliphatic heterocycles. The lowest BCUT2D eigenvalue weighted by atomic mass is 10.2. The predicted molar refractivity (Wildman–Crippen MR) is 75.4 cm³/mol. The number of ether oxygens (including phenoxy) is 1. The number of hydrogen-bond acceptors (Lipinski definition) is 5. The van der Waals surface area contributed by atoms with Crippen molar-refractivity contribution in [2.45, 2.75) is 50.8 Å². The number of nitrogens with zero attached hydrogens (tertiary/aromatic N) is 1. The molecule has 1 heterocycles. The van der Waals surface area contributed by atoms with E-state index >= 15 is 0 Å². The normalized spacial score (nSPS) is 11.6. The highest BCUT2D eigenvalue weighted by Crippen LogP contribution is 2.22. The summed E-state index contributed by atoms with van der Waals surface area (Å²) < 4.78 is 27.8. The minimum absolute atomic E-state index is 0.217. The largest absolute Gasteiger partial charge is 0.461 e. The number of aromatic nitrogens is 2. The van der Waals surface area contributed by atoms with Gasteiger partial charge in [-0.3, -0.25) is 5.10 Å². The Morgan fingerprint density at radius 1 is 1.30 bits per heavy atom. The van der Waals surface area contributed by atoms with Crippen LogP contribution in [-0.2, 0) is 13.8 Å². The molecular weight excluding hydrogens is 304 g/mol. The molecule has 0 unspecified atom stereocenters. The van der Waals surface area contributed by atoms with Gasteiger partial charge in [0.15, 0.2) is 5.69 Å². The van der Waals surface area contributed by atoms with Crippen LogP contribution in [-0.4, -0.2) is 31.2 Å².